The Balaban J connectivity index is 2.20. The van der Waals surface area contributed by atoms with E-state index in [-0.39, 0.29) is 5.82 Å². The van der Waals surface area contributed by atoms with E-state index in [9.17, 15) is 4.39 Å². The van der Waals surface area contributed by atoms with Crippen LogP contribution in [0, 0.1) is 5.82 Å². The molecule has 0 aliphatic rings. The van der Waals surface area contributed by atoms with E-state index in [0.29, 0.717) is 27.1 Å². The third-order valence-corrected chi connectivity index (χ3v) is 3.87. The highest BCUT2D eigenvalue weighted by Gasteiger charge is 2.10. The highest BCUT2D eigenvalue weighted by atomic mass is 79.9. The molecule has 3 rings (SSSR count). The van der Waals surface area contributed by atoms with Crippen LogP contribution < -0.4 is 5.73 Å². The molecule has 0 saturated heterocycles. The molecule has 1 heterocycles. The number of imidazole rings is 1. The van der Waals surface area contributed by atoms with Gasteiger partial charge in [-0.15, -0.1) is 0 Å². The Morgan fingerprint density at radius 2 is 1.95 bits per heavy atom. The van der Waals surface area contributed by atoms with E-state index in [1.165, 1.54) is 6.07 Å². The molecule has 0 aliphatic carbocycles. The van der Waals surface area contributed by atoms with Crippen LogP contribution in [0.25, 0.3) is 22.4 Å². The van der Waals surface area contributed by atoms with Gasteiger partial charge in [-0.05, 0) is 46.3 Å². The van der Waals surface area contributed by atoms with Gasteiger partial charge in [0.25, 0.3) is 0 Å². The van der Waals surface area contributed by atoms with Crippen molar-refractivity contribution in [2.75, 3.05) is 5.73 Å². The fraction of sp³-hybridized carbons (Fsp3) is 0. The Morgan fingerprint density at radius 1 is 1.16 bits per heavy atom. The number of fused-ring (bicyclic) bond motifs is 1. The highest BCUT2D eigenvalue weighted by molar-refractivity contribution is 9.10. The van der Waals surface area contributed by atoms with Crippen LogP contribution in [0.4, 0.5) is 10.1 Å². The molecule has 0 amide bonds. The number of aromatic amines is 1. The molecule has 0 radical (unpaired) electrons. The number of H-pyrrole nitrogens is 1. The van der Waals surface area contributed by atoms with Crippen LogP contribution in [-0.4, -0.2) is 9.97 Å². The van der Waals surface area contributed by atoms with Crippen LogP contribution in [0.2, 0.25) is 0 Å². The number of nitrogen functional groups attached to an aromatic ring is 1. The van der Waals surface area contributed by atoms with Gasteiger partial charge in [0.2, 0.25) is 0 Å². The lowest BCUT2D eigenvalue weighted by Gasteiger charge is -1.98. The fourth-order valence-corrected chi connectivity index (χ4v) is 2.61. The van der Waals surface area contributed by atoms with Crippen molar-refractivity contribution in [1.82, 2.24) is 9.97 Å². The molecule has 0 bridgehead atoms. The van der Waals surface area contributed by atoms with Crippen molar-refractivity contribution in [2.24, 2.45) is 0 Å². The maximum absolute atomic E-state index is 13.5. The second-order valence-electron chi connectivity index (χ2n) is 4.11. The highest BCUT2D eigenvalue weighted by Crippen LogP contribution is 2.29. The van der Waals surface area contributed by atoms with Crippen LogP contribution in [0.15, 0.2) is 39.3 Å². The largest absolute Gasteiger partial charge is 0.397 e. The standard InChI is InChI=1S/C13H8Br2FN3/c14-7-4-10(17)12-11(5-7)18-13(19-12)6-1-2-8(15)9(16)3-6/h1-5H,17H2,(H,18,19). The molecule has 0 spiro atoms. The molecule has 3 aromatic rings. The van der Waals surface area contributed by atoms with Crippen molar-refractivity contribution in [2.45, 2.75) is 0 Å². The second kappa shape index (κ2) is 4.61. The number of benzene rings is 2. The minimum absolute atomic E-state index is 0.327. The zero-order valence-corrected chi connectivity index (χ0v) is 12.7. The quantitative estimate of drug-likeness (QED) is 0.608. The molecule has 96 valence electrons. The molecule has 2 aromatic carbocycles. The maximum atomic E-state index is 13.5. The van der Waals surface area contributed by atoms with Crippen molar-refractivity contribution < 1.29 is 4.39 Å². The van der Waals surface area contributed by atoms with Crippen molar-refractivity contribution in [1.29, 1.82) is 0 Å². The first-order valence-corrected chi connectivity index (χ1v) is 7.03. The predicted octanol–water partition coefficient (Wildman–Crippen LogP) is 4.48. The molecular formula is C13H8Br2FN3. The van der Waals surface area contributed by atoms with E-state index in [2.05, 4.69) is 41.8 Å². The molecule has 0 aliphatic heterocycles. The predicted molar refractivity (Wildman–Crippen MR) is 81.3 cm³/mol. The Morgan fingerprint density at radius 3 is 2.68 bits per heavy atom. The fourth-order valence-electron chi connectivity index (χ4n) is 1.89. The number of nitrogens with two attached hydrogens (primary N) is 1. The van der Waals surface area contributed by atoms with Crippen LogP contribution in [-0.2, 0) is 0 Å². The Labute approximate surface area is 125 Å². The van der Waals surface area contributed by atoms with E-state index in [0.717, 1.165) is 9.99 Å². The van der Waals surface area contributed by atoms with Crippen LogP contribution in [0.3, 0.4) is 0 Å². The summed E-state index contributed by atoms with van der Waals surface area (Å²) in [7, 11) is 0. The summed E-state index contributed by atoms with van der Waals surface area (Å²) in [5, 5.41) is 0. The van der Waals surface area contributed by atoms with Crippen LogP contribution in [0.1, 0.15) is 0 Å². The lowest BCUT2D eigenvalue weighted by atomic mass is 10.2. The molecule has 6 heteroatoms. The molecule has 0 saturated carbocycles. The van der Waals surface area contributed by atoms with Gasteiger partial charge in [0, 0.05) is 10.0 Å². The monoisotopic (exact) mass is 383 g/mol. The summed E-state index contributed by atoms with van der Waals surface area (Å²) >= 11 is 6.50. The molecule has 0 atom stereocenters. The number of aromatic nitrogens is 2. The first kappa shape index (κ1) is 12.6. The lowest BCUT2D eigenvalue weighted by molar-refractivity contribution is 0.621. The first-order valence-electron chi connectivity index (χ1n) is 5.45. The first-order chi connectivity index (χ1) is 9.04. The van der Waals surface area contributed by atoms with E-state index in [1.54, 1.807) is 18.2 Å². The number of hydrogen-bond donors (Lipinski definition) is 2. The van der Waals surface area contributed by atoms with Gasteiger partial charge in [0.1, 0.15) is 17.2 Å². The third kappa shape index (κ3) is 2.26. The van der Waals surface area contributed by atoms with Gasteiger partial charge >= 0.3 is 0 Å². The number of halogens is 3. The SMILES string of the molecule is Nc1cc(Br)cc2[nH]c(-c3ccc(Br)c(F)c3)nc12. The summed E-state index contributed by atoms with van der Waals surface area (Å²) in [6, 6.07) is 8.53. The summed E-state index contributed by atoms with van der Waals surface area (Å²) in [6.07, 6.45) is 0. The minimum Gasteiger partial charge on any atom is -0.397 e. The molecule has 3 nitrogen and oxygen atoms in total. The van der Waals surface area contributed by atoms with Gasteiger partial charge < -0.3 is 10.7 Å². The van der Waals surface area contributed by atoms with Gasteiger partial charge in [-0.3, -0.25) is 0 Å². The number of rotatable bonds is 1. The van der Waals surface area contributed by atoms with Crippen molar-refractivity contribution in [3.05, 3.63) is 45.1 Å². The number of nitrogens with one attached hydrogen (secondary N) is 1. The number of anilines is 1. The smallest absolute Gasteiger partial charge is 0.138 e. The summed E-state index contributed by atoms with van der Waals surface area (Å²) < 4.78 is 14.8. The molecule has 3 N–H and O–H groups in total. The normalized spacial score (nSPS) is 11.1. The van der Waals surface area contributed by atoms with E-state index < -0.39 is 0 Å². The molecule has 0 fully saturated rings. The number of nitrogens with zero attached hydrogens (tertiary/aromatic N) is 1. The van der Waals surface area contributed by atoms with Gasteiger partial charge in [-0.2, -0.15) is 0 Å². The Bertz CT molecular complexity index is 783. The van der Waals surface area contributed by atoms with Crippen molar-refractivity contribution in [3.63, 3.8) is 0 Å². The summed E-state index contributed by atoms with van der Waals surface area (Å²) in [5.74, 6) is 0.262. The van der Waals surface area contributed by atoms with Crippen molar-refractivity contribution >= 4 is 48.6 Å². The zero-order valence-electron chi connectivity index (χ0n) is 9.55. The zero-order chi connectivity index (χ0) is 13.6. The maximum Gasteiger partial charge on any atom is 0.138 e. The van der Waals surface area contributed by atoms with E-state index >= 15 is 0 Å². The van der Waals surface area contributed by atoms with E-state index in [1.807, 2.05) is 6.07 Å². The average molecular weight is 385 g/mol. The minimum atomic E-state index is -0.327. The molecule has 19 heavy (non-hydrogen) atoms. The number of hydrogen-bond acceptors (Lipinski definition) is 2. The van der Waals surface area contributed by atoms with Gasteiger partial charge in [0.05, 0.1) is 15.7 Å². The molecular weight excluding hydrogens is 377 g/mol. The van der Waals surface area contributed by atoms with Gasteiger partial charge in [-0.25, -0.2) is 9.37 Å². The van der Waals surface area contributed by atoms with Crippen LogP contribution in [0.5, 0.6) is 0 Å². The molecule has 1 aromatic heterocycles. The topological polar surface area (TPSA) is 54.7 Å². The lowest BCUT2D eigenvalue weighted by Crippen LogP contribution is -1.86. The van der Waals surface area contributed by atoms with E-state index in [4.69, 9.17) is 5.73 Å². The molecule has 0 unspecified atom stereocenters. The average Bonchev–Trinajstić information content (AvgIpc) is 2.76. The van der Waals surface area contributed by atoms with Crippen molar-refractivity contribution in [3.8, 4) is 11.4 Å². The van der Waals surface area contributed by atoms with Gasteiger partial charge in [0.15, 0.2) is 0 Å². The Hall–Kier alpha value is -1.40. The van der Waals surface area contributed by atoms with Gasteiger partial charge in [-0.1, -0.05) is 15.9 Å². The second-order valence-corrected chi connectivity index (χ2v) is 5.88. The summed E-state index contributed by atoms with van der Waals surface area (Å²) in [6.45, 7) is 0. The third-order valence-electron chi connectivity index (χ3n) is 2.77. The summed E-state index contributed by atoms with van der Waals surface area (Å²) in [5.41, 5.74) is 8.65. The summed E-state index contributed by atoms with van der Waals surface area (Å²) in [4.78, 5) is 7.55. The van der Waals surface area contributed by atoms with Crippen LogP contribution >= 0.6 is 31.9 Å². The Kier molecular flexibility index (Phi) is 3.06.